The van der Waals surface area contributed by atoms with Gasteiger partial charge < -0.3 is 0 Å². The molecule has 13 heavy (non-hydrogen) atoms. The number of nitrogens with zero attached hydrogens (tertiary/aromatic N) is 2. The summed E-state index contributed by atoms with van der Waals surface area (Å²) >= 11 is 0. The molecule has 4 nitrogen and oxygen atoms in total. The van der Waals surface area contributed by atoms with Crippen LogP contribution in [0.5, 0.6) is 0 Å². The van der Waals surface area contributed by atoms with Crippen LogP contribution in [0.3, 0.4) is 0 Å². The van der Waals surface area contributed by atoms with Crippen molar-refractivity contribution in [3.63, 3.8) is 0 Å². The summed E-state index contributed by atoms with van der Waals surface area (Å²) in [5, 5.41) is 0. The van der Waals surface area contributed by atoms with Crippen LogP contribution in [0, 0.1) is 0 Å². The second-order valence-electron chi connectivity index (χ2n) is 3.47. The molecule has 1 aliphatic heterocycles. The number of hydrogen-bond donors (Lipinski definition) is 0. The van der Waals surface area contributed by atoms with Gasteiger partial charge in [0.1, 0.15) is 0 Å². The third-order valence-electron chi connectivity index (χ3n) is 2.31. The van der Waals surface area contributed by atoms with Gasteiger partial charge in [-0.15, -0.1) is 0 Å². The molecule has 0 aromatic rings. The highest BCUT2D eigenvalue weighted by Crippen LogP contribution is 2.12. The van der Waals surface area contributed by atoms with Gasteiger partial charge in [-0.2, -0.15) is 12.7 Å². The van der Waals surface area contributed by atoms with Crippen LogP contribution in [0.2, 0.25) is 0 Å². The molecule has 1 heterocycles. The summed E-state index contributed by atoms with van der Waals surface area (Å²) in [6.45, 7) is 6.75. The summed E-state index contributed by atoms with van der Waals surface area (Å²) < 4.78 is 23.2. The van der Waals surface area contributed by atoms with Crippen LogP contribution in [0.15, 0.2) is 0 Å². The van der Waals surface area contributed by atoms with Gasteiger partial charge in [0.2, 0.25) is 0 Å². The fraction of sp³-hybridized carbons (Fsp3) is 1.00. The molecule has 0 radical (unpaired) electrons. The minimum atomic E-state index is -3.50. The number of hydrogen-bond acceptors (Lipinski definition) is 3. The summed E-state index contributed by atoms with van der Waals surface area (Å²) in [7, 11) is 1.72. The van der Waals surface area contributed by atoms with Crippen molar-refractivity contribution >= 4 is 19.9 Å². The molecular formula is C7H15ClN2O2S. The smallest absolute Gasteiger partial charge is 0.298 e. The molecule has 1 aliphatic rings. The first kappa shape index (κ1) is 11.2. The van der Waals surface area contributed by atoms with Gasteiger partial charge in [-0.25, -0.2) is 0 Å². The molecule has 0 saturated carbocycles. The molecule has 1 fully saturated rings. The summed E-state index contributed by atoms with van der Waals surface area (Å²) in [5.41, 5.74) is 0. The van der Waals surface area contributed by atoms with Crippen molar-refractivity contribution in [1.29, 1.82) is 0 Å². The van der Waals surface area contributed by atoms with E-state index < -0.39 is 9.24 Å². The Labute approximate surface area is 84.0 Å². The Hall–Kier alpha value is 0.160. The summed E-state index contributed by atoms with van der Waals surface area (Å²) in [5.74, 6) is 0. The summed E-state index contributed by atoms with van der Waals surface area (Å²) in [6, 6.07) is 0.472. The Morgan fingerprint density at radius 2 is 1.62 bits per heavy atom. The lowest BCUT2D eigenvalue weighted by molar-refractivity contribution is 0.155. The van der Waals surface area contributed by atoms with E-state index in [1.54, 1.807) is 0 Å². The minimum Gasteiger partial charge on any atom is -0.298 e. The molecule has 0 bridgehead atoms. The van der Waals surface area contributed by atoms with E-state index in [1.807, 2.05) is 0 Å². The molecule has 0 spiro atoms. The SMILES string of the molecule is CC(C)N1CCN(S(=O)(=O)Cl)CC1. The fourth-order valence-corrected chi connectivity index (χ4v) is 2.45. The molecule has 0 aromatic heterocycles. The Balaban J connectivity index is 2.49. The highest BCUT2D eigenvalue weighted by Gasteiger charge is 2.25. The fourth-order valence-electron chi connectivity index (χ4n) is 1.44. The molecule has 1 saturated heterocycles. The lowest BCUT2D eigenvalue weighted by Gasteiger charge is -2.34. The molecule has 0 unspecified atom stereocenters. The first-order valence-electron chi connectivity index (χ1n) is 4.35. The van der Waals surface area contributed by atoms with Crippen molar-refractivity contribution in [1.82, 2.24) is 9.21 Å². The molecule has 0 N–H and O–H groups in total. The van der Waals surface area contributed by atoms with E-state index >= 15 is 0 Å². The van der Waals surface area contributed by atoms with E-state index in [0.717, 1.165) is 13.1 Å². The molecule has 78 valence electrons. The van der Waals surface area contributed by atoms with Gasteiger partial charge in [0.15, 0.2) is 0 Å². The largest absolute Gasteiger partial charge is 0.299 e. The molecule has 0 amide bonds. The van der Waals surface area contributed by atoms with Crippen LogP contribution in [0.1, 0.15) is 13.8 Å². The maximum atomic E-state index is 10.9. The van der Waals surface area contributed by atoms with Crippen LogP contribution in [0.25, 0.3) is 0 Å². The number of piperazine rings is 1. The molecular weight excluding hydrogens is 212 g/mol. The Morgan fingerprint density at radius 3 is 1.92 bits per heavy atom. The predicted octanol–water partition coefficient (Wildman–Crippen LogP) is 0.496. The van der Waals surface area contributed by atoms with Crippen LogP contribution < -0.4 is 0 Å². The first-order valence-corrected chi connectivity index (χ1v) is 6.61. The molecule has 6 heteroatoms. The van der Waals surface area contributed by atoms with Gasteiger partial charge in [-0.05, 0) is 13.8 Å². The zero-order valence-electron chi connectivity index (χ0n) is 7.90. The van der Waals surface area contributed by atoms with E-state index in [2.05, 4.69) is 18.7 Å². The minimum absolute atomic E-state index is 0.472. The Bertz CT molecular complexity index is 258. The Morgan fingerprint density at radius 1 is 1.15 bits per heavy atom. The molecule has 0 aromatic carbocycles. The average Bonchev–Trinajstić information content (AvgIpc) is 2.03. The molecule has 1 rings (SSSR count). The molecule has 0 atom stereocenters. The van der Waals surface area contributed by atoms with Crippen LogP contribution in [0.4, 0.5) is 0 Å². The lowest BCUT2D eigenvalue weighted by atomic mass is 10.3. The number of rotatable bonds is 2. The Kier molecular flexibility index (Phi) is 3.57. The van der Waals surface area contributed by atoms with Gasteiger partial charge in [0.25, 0.3) is 9.24 Å². The maximum absolute atomic E-state index is 10.9. The van der Waals surface area contributed by atoms with E-state index in [1.165, 1.54) is 4.31 Å². The first-order chi connectivity index (χ1) is 5.91. The van der Waals surface area contributed by atoms with E-state index in [0.29, 0.717) is 19.1 Å². The van der Waals surface area contributed by atoms with E-state index in [4.69, 9.17) is 10.7 Å². The van der Waals surface area contributed by atoms with Gasteiger partial charge >= 0.3 is 0 Å². The van der Waals surface area contributed by atoms with Gasteiger partial charge in [-0.1, -0.05) is 0 Å². The van der Waals surface area contributed by atoms with Crippen molar-refractivity contribution in [3.8, 4) is 0 Å². The van der Waals surface area contributed by atoms with Crippen LogP contribution >= 0.6 is 10.7 Å². The predicted molar refractivity (Wildman–Crippen MR) is 53.1 cm³/mol. The third kappa shape index (κ3) is 3.09. The second kappa shape index (κ2) is 4.13. The van der Waals surface area contributed by atoms with Crippen LogP contribution in [-0.4, -0.2) is 49.8 Å². The molecule has 0 aliphatic carbocycles. The highest BCUT2D eigenvalue weighted by molar-refractivity contribution is 8.11. The highest BCUT2D eigenvalue weighted by atomic mass is 35.7. The van der Waals surface area contributed by atoms with Crippen LogP contribution in [-0.2, 0) is 9.24 Å². The van der Waals surface area contributed by atoms with Crippen molar-refractivity contribution < 1.29 is 8.42 Å². The summed E-state index contributed by atoms with van der Waals surface area (Å²) in [6.07, 6.45) is 0. The quantitative estimate of drug-likeness (QED) is 0.644. The van der Waals surface area contributed by atoms with Gasteiger partial charge in [-0.3, -0.25) is 4.90 Å². The van der Waals surface area contributed by atoms with E-state index in [-0.39, 0.29) is 0 Å². The van der Waals surface area contributed by atoms with Crippen molar-refractivity contribution in [2.24, 2.45) is 0 Å². The number of halogens is 1. The van der Waals surface area contributed by atoms with Crippen molar-refractivity contribution in [2.75, 3.05) is 26.2 Å². The topological polar surface area (TPSA) is 40.6 Å². The standard InChI is InChI=1S/C7H15ClN2O2S/c1-7(2)9-3-5-10(6-4-9)13(8,11)12/h7H,3-6H2,1-2H3. The van der Waals surface area contributed by atoms with Crippen molar-refractivity contribution in [2.45, 2.75) is 19.9 Å². The van der Waals surface area contributed by atoms with E-state index in [9.17, 15) is 8.42 Å². The normalized spacial score (nSPS) is 22.5. The third-order valence-corrected chi connectivity index (χ3v) is 3.88. The van der Waals surface area contributed by atoms with Crippen molar-refractivity contribution in [3.05, 3.63) is 0 Å². The lowest BCUT2D eigenvalue weighted by Crippen LogP contribution is -2.49. The second-order valence-corrected chi connectivity index (χ2v) is 5.98. The maximum Gasteiger partial charge on any atom is 0.299 e. The summed E-state index contributed by atoms with van der Waals surface area (Å²) in [4.78, 5) is 2.23. The monoisotopic (exact) mass is 226 g/mol. The van der Waals surface area contributed by atoms with Gasteiger partial charge in [0, 0.05) is 42.9 Å². The average molecular weight is 227 g/mol. The van der Waals surface area contributed by atoms with Gasteiger partial charge in [0.05, 0.1) is 0 Å². The zero-order chi connectivity index (χ0) is 10.1. The zero-order valence-corrected chi connectivity index (χ0v) is 9.48.